The first-order valence-corrected chi connectivity index (χ1v) is 18.2. The summed E-state index contributed by atoms with van der Waals surface area (Å²) in [6, 6.07) is 13.2. The number of aromatic nitrogens is 2. The molecular formula is C40H46N6O5S. The van der Waals surface area contributed by atoms with Crippen molar-refractivity contribution >= 4 is 29.2 Å². The Kier molecular flexibility index (Phi) is 12.3. The number of rotatable bonds is 12. The molecule has 0 N–H and O–H groups in total. The summed E-state index contributed by atoms with van der Waals surface area (Å²) >= 11 is 1.36. The Morgan fingerprint density at radius 2 is 1.77 bits per heavy atom. The number of thiazole rings is 1. The lowest BCUT2D eigenvalue weighted by molar-refractivity contribution is -0.127. The zero-order chi connectivity index (χ0) is 37.5. The molecule has 0 saturated carbocycles. The normalized spacial score (nSPS) is 14.1. The van der Waals surface area contributed by atoms with Gasteiger partial charge in [-0.05, 0) is 67.3 Å². The van der Waals surface area contributed by atoms with E-state index >= 15 is 0 Å². The van der Waals surface area contributed by atoms with E-state index in [2.05, 4.69) is 9.88 Å². The number of pyridine rings is 1. The van der Waals surface area contributed by atoms with Crippen LogP contribution in [0.15, 0.2) is 64.5 Å². The van der Waals surface area contributed by atoms with Crippen LogP contribution in [0, 0.1) is 25.2 Å². The first kappa shape index (κ1) is 38.0. The minimum atomic E-state index is -0.385. The number of aryl methyl sites for hydroxylation is 1. The van der Waals surface area contributed by atoms with Crippen LogP contribution >= 0.6 is 11.3 Å². The van der Waals surface area contributed by atoms with Crippen LogP contribution in [0.1, 0.15) is 63.4 Å². The fourth-order valence-electron chi connectivity index (χ4n) is 6.72. The number of carbonyl (C=O) groups excluding carboxylic acids is 2. The standard InChI is InChI=1S/C40H46N6O5S/c1-8-10-34(44(5)39(48)31(23-41)22-37-42-13-18-52-37)28-11-9-12-29(19-28)40(49)46-16-14-45(15-17-46)25-33-35(50-6)20-30(21-36(33)51-7)32-24-43(4)38(47)27(3)26(32)2/h9,11-13,18-22,24,34H,8,10,14-17,25H2,1-7H3/b31-22-. The molecule has 1 saturated heterocycles. The smallest absolute Gasteiger partial charge is 0.264 e. The molecule has 1 unspecified atom stereocenters. The number of ether oxygens (including phenoxy) is 2. The number of likely N-dealkylation sites (N-methyl/N-ethyl adjacent to an activating group) is 1. The third kappa shape index (κ3) is 8.11. The number of hydrogen-bond acceptors (Lipinski definition) is 9. The van der Waals surface area contributed by atoms with Crippen molar-refractivity contribution in [3.8, 4) is 28.7 Å². The summed E-state index contributed by atoms with van der Waals surface area (Å²) in [5.41, 5.74) is 5.79. The molecule has 12 heteroatoms. The predicted molar refractivity (Wildman–Crippen MR) is 203 cm³/mol. The van der Waals surface area contributed by atoms with Crippen LogP contribution in [0.3, 0.4) is 0 Å². The second-order valence-corrected chi connectivity index (χ2v) is 13.9. The van der Waals surface area contributed by atoms with Crippen molar-refractivity contribution < 1.29 is 19.1 Å². The van der Waals surface area contributed by atoms with E-state index in [1.807, 2.05) is 74.3 Å². The third-order valence-corrected chi connectivity index (χ3v) is 10.6. The highest BCUT2D eigenvalue weighted by Crippen LogP contribution is 2.37. The first-order valence-electron chi connectivity index (χ1n) is 17.3. The Morgan fingerprint density at radius 3 is 2.37 bits per heavy atom. The van der Waals surface area contributed by atoms with Crippen LogP contribution in [0.2, 0.25) is 0 Å². The number of amides is 2. The van der Waals surface area contributed by atoms with Gasteiger partial charge in [0.2, 0.25) is 0 Å². The van der Waals surface area contributed by atoms with Crippen molar-refractivity contribution in [3.63, 3.8) is 0 Å². The number of methoxy groups -OCH3 is 2. The highest BCUT2D eigenvalue weighted by atomic mass is 32.1. The molecule has 3 heterocycles. The van der Waals surface area contributed by atoms with Gasteiger partial charge in [0.15, 0.2) is 0 Å². The van der Waals surface area contributed by atoms with Crippen LogP contribution in [0.25, 0.3) is 17.2 Å². The van der Waals surface area contributed by atoms with Crippen LogP contribution in [-0.2, 0) is 18.4 Å². The van der Waals surface area contributed by atoms with Crippen LogP contribution < -0.4 is 15.0 Å². The van der Waals surface area contributed by atoms with E-state index in [-0.39, 0.29) is 29.0 Å². The van der Waals surface area contributed by atoms with Gasteiger partial charge < -0.3 is 23.8 Å². The largest absolute Gasteiger partial charge is 0.496 e. The van der Waals surface area contributed by atoms with Gasteiger partial charge in [0.1, 0.15) is 28.1 Å². The first-order chi connectivity index (χ1) is 25.0. The Bertz CT molecular complexity index is 2030. The fraction of sp³-hybridized carbons (Fsp3) is 0.375. The monoisotopic (exact) mass is 722 g/mol. The molecule has 0 bridgehead atoms. The minimum Gasteiger partial charge on any atom is -0.496 e. The van der Waals surface area contributed by atoms with Crippen LogP contribution in [0.4, 0.5) is 0 Å². The number of benzene rings is 2. The Hall–Kier alpha value is -5.25. The van der Waals surface area contributed by atoms with E-state index < -0.39 is 0 Å². The van der Waals surface area contributed by atoms with Crippen LogP contribution in [-0.4, -0.2) is 83.5 Å². The molecule has 2 amide bonds. The van der Waals surface area contributed by atoms with Crippen molar-refractivity contribution in [2.24, 2.45) is 7.05 Å². The molecule has 1 atom stereocenters. The highest BCUT2D eigenvalue weighted by Gasteiger charge is 2.28. The van der Waals surface area contributed by atoms with Gasteiger partial charge >= 0.3 is 0 Å². The molecule has 11 nitrogen and oxygen atoms in total. The summed E-state index contributed by atoms with van der Waals surface area (Å²) in [5, 5.41) is 12.2. The molecule has 272 valence electrons. The van der Waals surface area contributed by atoms with Gasteiger partial charge in [-0.25, -0.2) is 4.98 Å². The topological polar surface area (TPSA) is 121 Å². The van der Waals surface area contributed by atoms with Crippen molar-refractivity contribution in [2.45, 2.75) is 46.2 Å². The quantitative estimate of drug-likeness (QED) is 0.129. The van der Waals surface area contributed by atoms with Gasteiger partial charge in [-0.2, -0.15) is 5.26 Å². The molecule has 2 aromatic carbocycles. The number of carbonyl (C=O) groups is 2. The SMILES string of the molecule is CCCC(c1cccc(C(=O)N2CCN(Cc3c(OC)cc(-c4cn(C)c(=O)c(C)c4C)cc3OC)CC2)c1)N(C)C(=O)/C(C#N)=C\c1nccs1. The maximum Gasteiger partial charge on any atom is 0.264 e. The molecule has 0 spiro atoms. The summed E-state index contributed by atoms with van der Waals surface area (Å²) in [5.74, 6) is 0.945. The van der Waals surface area contributed by atoms with E-state index in [1.54, 1.807) is 49.4 Å². The van der Waals surface area contributed by atoms with Crippen molar-refractivity contribution in [1.82, 2.24) is 24.3 Å². The zero-order valence-electron chi connectivity index (χ0n) is 30.9. The van der Waals surface area contributed by atoms with E-state index in [1.165, 1.54) is 17.4 Å². The van der Waals surface area contributed by atoms with Gasteiger partial charge in [0, 0.05) is 81.3 Å². The Labute approximate surface area is 309 Å². The second-order valence-electron chi connectivity index (χ2n) is 13.0. The molecule has 1 aliphatic rings. The van der Waals surface area contributed by atoms with Crippen molar-refractivity contribution in [2.75, 3.05) is 47.4 Å². The molecule has 1 fully saturated rings. The molecule has 52 heavy (non-hydrogen) atoms. The summed E-state index contributed by atoms with van der Waals surface area (Å²) in [4.78, 5) is 49.6. The molecule has 4 aromatic rings. The maximum absolute atomic E-state index is 13.8. The molecule has 0 aliphatic carbocycles. The predicted octanol–water partition coefficient (Wildman–Crippen LogP) is 6.01. The van der Waals surface area contributed by atoms with E-state index in [0.717, 1.165) is 34.2 Å². The lowest BCUT2D eigenvalue weighted by Gasteiger charge is -2.35. The average molecular weight is 723 g/mol. The minimum absolute atomic E-state index is 0.0179. The third-order valence-electron chi connectivity index (χ3n) is 9.83. The Balaban J connectivity index is 1.29. The average Bonchev–Trinajstić information content (AvgIpc) is 3.69. The zero-order valence-corrected chi connectivity index (χ0v) is 31.7. The summed E-state index contributed by atoms with van der Waals surface area (Å²) in [6.07, 6.45) is 6.48. The van der Waals surface area contributed by atoms with Crippen molar-refractivity contribution in [1.29, 1.82) is 5.26 Å². The number of nitriles is 1. The van der Waals surface area contributed by atoms with Gasteiger partial charge in [0.25, 0.3) is 17.4 Å². The summed E-state index contributed by atoms with van der Waals surface area (Å²) in [7, 11) is 6.75. The highest BCUT2D eigenvalue weighted by molar-refractivity contribution is 7.10. The number of hydrogen-bond donors (Lipinski definition) is 0. The second kappa shape index (κ2) is 16.8. The fourth-order valence-corrected chi connectivity index (χ4v) is 7.29. The maximum atomic E-state index is 13.8. The number of piperazine rings is 1. The van der Waals surface area contributed by atoms with E-state index in [0.29, 0.717) is 66.8 Å². The van der Waals surface area contributed by atoms with Gasteiger partial charge in [-0.1, -0.05) is 25.5 Å². The van der Waals surface area contributed by atoms with E-state index in [9.17, 15) is 19.6 Å². The molecule has 5 rings (SSSR count). The molecule has 2 aromatic heterocycles. The lowest BCUT2D eigenvalue weighted by Crippen LogP contribution is -2.48. The molecule has 1 aliphatic heterocycles. The Morgan fingerprint density at radius 1 is 1.08 bits per heavy atom. The summed E-state index contributed by atoms with van der Waals surface area (Å²) < 4.78 is 13.3. The van der Waals surface area contributed by atoms with Gasteiger partial charge in [0.05, 0.1) is 25.8 Å². The number of nitrogens with zero attached hydrogens (tertiary/aromatic N) is 6. The summed E-state index contributed by atoms with van der Waals surface area (Å²) in [6.45, 7) is 8.84. The molecular weight excluding hydrogens is 677 g/mol. The van der Waals surface area contributed by atoms with E-state index in [4.69, 9.17) is 9.47 Å². The van der Waals surface area contributed by atoms with Gasteiger partial charge in [-0.15, -0.1) is 11.3 Å². The lowest BCUT2D eigenvalue weighted by atomic mass is 9.97. The molecule has 0 radical (unpaired) electrons. The van der Waals surface area contributed by atoms with Gasteiger partial charge in [-0.3, -0.25) is 19.3 Å². The van der Waals surface area contributed by atoms with Crippen molar-refractivity contribution in [3.05, 3.63) is 103 Å². The van der Waals surface area contributed by atoms with Crippen LogP contribution in [0.5, 0.6) is 11.5 Å².